The van der Waals surface area contributed by atoms with Crippen LogP contribution in [0.4, 0.5) is 0 Å². The van der Waals surface area contributed by atoms with Crippen LogP contribution < -0.4 is 5.32 Å². The summed E-state index contributed by atoms with van der Waals surface area (Å²) in [6.45, 7) is 1.38. The van der Waals surface area contributed by atoms with Crippen LogP contribution in [0.15, 0.2) is 18.7 Å². The van der Waals surface area contributed by atoms with Gasteiger partial charge in [0.1, 0.15) is 12.2 Å². The molecule has 2 aromatic heterocycles. The fourth-order valence-corrected chi connectivity index (χ4v) is 1.32. The van der Waals surface area contributed by atoms with Gasteiger partial charge in [-0.15, -0.1) is 0 Å². The first-order chi connectivity index (χ1) is 7.25. The minimum absolute atomic E-state index is 0.660. The smallest absolute Gasteiger partial charge is 0.164 e. The molecule has 0 bridgehead atoms. The Balaban J connectivity index is 1.83. The maximum Gasteiger partial charge on any atom is 0.164 e. The second-order valence-electron chi connectivity index (χ2n) is 3.39. The summed E-state index contributed by atoms with van der Waals surface area (Å²) in [6.07, 6.45) is 5.41. The van der Waals surface area contributed by atoms with Crippen molar-refractivity contribution in [2.45, 2.75) is 13.1 Å². The Labute approximate surface area is 88.0 Å². The molecule has 2 rings (SSSR count). The highest BCUT2D eigenvalue weighted by Gasteiger charge is 2.00. The summed E-state index contributed by atoms with van der Waals surface area (Å²) in [5.74, 6) is 1.80. The van der Waals surface area contributed by atoms with Crippen molar-refractivity contribution in [2.24, 2.45) is 14.1 Å². The van der Waals surface area contributed by atoms with Gasteiger partial charge >= 0.3 is 0 Å². The van der Waals surface area contributed by atoms with E-state index in [1.807, 2.05) is 24.9 Å². The molecule has 2 aromatic rings. The van der Waals surface area contributed by atoms with Crippen molar-refractivity contribution in [1.29, 1.82) is 0 Å². The molecule has 2 heterocycles. The molecule has 6 heteroatoms. The largest absolute Gasteiger partial charge is 0.337 e. The zero-order valence-electron chi connectivity index (χ0n) is 8.88. The maximum absolute atomic E-state index is 4.21. The summed E-state index contributed by atoms with van der Waals surface area (Å²) in [6, 6.07) is 0. The van der Waals surface area contributed by atoms with Gasteiger partial charge in [-0.3, -0.25) is 4.68 Å². The van der Waals surface area contributed by atoms with Crippen LogP contribution in [0.1, 0.15) is 11.6 Å². The predicted molar refractivity (Wildman–Crippen MR) is 54.8 cm³/mol. The predicted octanol–water partition coefficient (Wildman–Crippen LogP) is -0.162. The quantitative estimate of drug-likeness (QED) is 0.755. The summed E-state index contributed by atoms with van der Waals surface area (Å²) >= 11 is 0. The lowest BCUT2D eigenvalue weighted by Gasteiger charge is -2.01. The second kappa shape index (κ2) is 4.22. The van der Waals surface area contributed by atoms with Gasteiger partial charge in [0.05, 0.1) is 13.1 Å². The molecule has 0 spiro atoms. The summed E-state index contributed by atoms with van der Waals surface area (Å²) in [4.78, 5) is 8.33. The molecular weight excluding hydrogens is 192 g/mol. The fraction of sp³-hybridized carbons (Fsp3) is 0.444. The van der Waals surface area contributed by atoms with Crippen LogP contribution in [0.2, 0.25) is 0 Å². The van der Waals surface area contributed by atoms with Gasteiger partial charge < -0.3 is 9.88 Å². The van der Waals surface area contributed by atoms with Gasteiger partial charge in [0.25, 0.3) is 0 Å². The summed E-state index contributed by atoms with van der Waals surface area (Å²) in [5.41, 5.74) is 0. The third-order valence-electron chi connectivity index (χ3n) is 2.13. The number of nitrogens with zero attached hydrogens (tertiary/aromatic N) is 5. The molecule has 0 atom stereocenters. The molecule has 0 unspecified atom stereocenters. The topological polar surface area (TPSA) is 60.6 Å². The van der Waals surface area contributed by atoms with Crippen LogP contribution in [-0.4, -0.2) is 24.3 Å². The maximum atomic E-state index is 4.21. The highest BCUT2D eigenvalue weighted by atomic mass is 15.3. The number of aromatic nitrogens is 5. The van der Waals surface area contributed by atoms with Crippen molar-refractivity contribution in [3.63, 3.8) is 0 Å². The minimum Gasteiger partial charge on any atom is -0.337 e. The first-order valence-electron chi connectivity index (χ1n) is 4.77. The lowest BCUT2D eigenvalue weighted by molar-refractivity contribution is 0.613. The molecule has 6 nitrogen and oxygen atoms in total. The van der Waals surface area contributed by atoms with Gasteiger partial charge in [-0.1, -0.05) is 0 Å². The molecule has 15 heavy (non-hydrogen) atoms. The van der Waals surface area contributed by atoms with E-state index in [0.717, 1.165) is 18.2 Å². The molecule has 0 aliphatic heterocycles. The number of hydrogen-bond acceptors (Lipinski definition) is 4. The third kappa shape index (κ3) is 2.41. The Hall–Kier alpha value is -1.69. The number of hydrogen-bond donors (Lipinski definition) is 1. The van der Waals surface area contributed by atoms with Crippen LogP contribution in [0, 0.1) is 0 Å². The van der Waals surface area contributed by atoms with Gasteiger partial charge in [-0.2, -0.15) is 5.10 Å². The van der Waals surface area contributed by atoms with Crippen molar-refractivity contribution < 1.29 is 0 Å². The van der Waals surface area contributed by atoms with E-state index in [0.29, 0.717) is 6.54 Å². The average molecular weight is 206 g/mol. The molecule has 1 N–H and O–H groups in total. The van der Waals surface area contributed by atoms with Gasteiger partial charge in [0.2, 0.25) is 0 Å². The van der Waals surface area contributed by atoms with Gasteiger partial charge in [-0.25, -0.2) is 9.97 Å². The van der Waals surface area contributed by atoms with E-state index >= 15 is 0 Å². The minimum atomic E-state index is 0.660. The van der Waals surface area contributed by atoms with E-state index in [-0.39, 0.29) is 0 Å². The summed E-state index contributed by atoms with van der Waals surface area (Å²) in [7, 11) is 3.83. The van der Waals surface area contributed by atoms with Crippen molar-refractivity contribution in [3.05, 3.63) is 30.4 Å². The first-order valence-corrected chi connectivity index (χ1v) is 4.77. The van der Waals surface area contributed by atoms with Gasteiger partial charge in [-0.05, 0) is 0 Å². The highest BCUT2D eigenvalue weighted by molar-refractivity contribution is 4.91. The van der Waals surface area contributed by atoms with Gasteiger partial charge in [0, 0.05) is 26.5 Å². The molecule has 0 amide bonds. The van der Waals surface area contributed by atoms with Crippen LogP contribution in [0.5, 0.6) is 0 Å². The first kappa shape index (κ1) is 9.85. The Kier molecular flexibility index (Phi) is 2.77. The standard InChI is InChI=1S/C9H14N6/c1-14-4-3-11-9(14)6-10-5-8-12-7-15(2)13-8/h3-4,7,10H,5-6H2,1-2H3. The van der Waals surface area contributed by atoms with Crippen LogP contribution in [0.3, 0.4) is 0 Å². The molecule has 0 aliphatic rings. The number of nitrogens with one attached hydrogen (secondary N) is 1. The molecular formula is C9H14N6. The second-order valence-corrected chi connectivity index (χ2v) is 3.39. The zero-order chi connectivity index (χ0) is 10.7. The van der Waals surface area contributed by atoms with E-state index in [4.69, 9.17) is 0 Å². The zero-order valence-corrected chi connectivity index (χ0v) is 8.88. The molecule has 0 fully saturated rings. The monoisotopic (exact) mass is 206 g/mol. The van der Waals surface area contributed by atoms with Crippen molar-refractivity contribution >= 4 is 0 Å². The molecule has 0 radical (unpaired) electrons. The highest BCUT2D eigenvalue weighted by Crippen LogP contribution is 1.94. The molecule has 0 aromatic carbocycles. The summed E-state index contributed by atoms with van der Waals surface area (Å²) in [5, 5.41) is 7.40. The molecule has 0 aliphatic carbocycles. The Morgan fingerprint density at radius 3 is 2.73 bits per heavy atom. The van der Waals surface area contributed by atoms with Crippen molar-refractivity contribution in [1.82, 2.24) is 29.6 Å². The number of aryl methyl sites for hydroxylation is 2. The Bertz CT molecular complexity index is 429. The average Bonchev–Trinajstić information content (AvgIpc) is 2.77. The van der Waals surface area contributed by atoms with Crippen LogP contribution in [-0.2, 0) is 27.2 Å². The lowest BCUT2D eigenvalue weighted by Crippen LogP contribution is -2.16. The SMILES string of the molecule is Cn1cnc(CNCc2nccn2C)n1. The van der Waals surface area contributed by atoms with Crippen LogP contribution >= 0.6 is 0 Å². The van der Waals surface area contributed by atoms with E-state index in [1.54, 1.807) is 17.2 Å². The van der Waals surface area contributed by atoms with Crippen LogP contribution in [0.25, 0.3) is 0 Å². The van der Waals surface area contributed by atoms with Crippen molar-refractivity contribution in [3.8, 4) is 0 Å². The van der Waals surface area contributed by atoms with E-state index in [2.05, 4.69) is 20.4 Å². The number of rotatable bonds is 4. The molecule has 80 valence electrons. The molecule has 0 saturated carbocycles. The Morgan fingerprint density at radius 2 is 2.13 bits per heavy atom. The fourth-order valence-electron chi connectivity index (χ4n) is 1.32. The van der Waals surface area contributed by atoms with E-state index in [9.17, 15) is 0 Å². The van der Waals surface area contributed by atoms with E-state index in [1.165, 1.54) is 0 Å². The third-order valence-corrected chi connectivity index (χ3v) is 2.13. The van der Waals surface area contributed by atoms with Gasteiger partial charge in [0.15, 0.2) is 5.82 Å². The Morgan fingerprint density at radius 1 is 1.27 bits per heavy atom. The van der Waals surface area contributed by atoms with E-state index < -0.39 is 0 Å². The lowest BCUT2D eigenvalue weighted by atomic mass is 10.5. The number of imidazole rings is 1. The van der Waals surface area contributed by atoms with Crippen molar-refractivity contribution in [2.75, 3.05) is 0 Å². The molecule has 0 saturated heterocycles. The normalized spacial score (nSPS) is 10.8. The summed E-state index contributed by atoms with van der Waals surface area (Å²) < 4.78 is 3.68.